The largest absolute Gasteiger partial charge is 0.491 e. The van der Waals surface area contributed by atoms with Crippen molar-refractivity contribution in [3.63, 3.8) is 0 Å². The molecule has 0 bridgehead atoms. The zero-order chi connectivity index (χ0) is 16.9. The van der Waals surface area contributed by atoms with Crippen molar-refractivity contribution in [2.45, 2.75) is 26.4 Å². The molecule has 1 unspecified atom stereocenters. The summed E-state index contributed by atoms with van der Waals surface area (Å²) in [5.41, 5.74) is 1.44. The molecule has 0 aliphatic carbocycles. The highest BCUT2D eigenvalue weighted by Gasteiger charge is 2.08. The van der Waals surface area contributed by atoms with Gasteiger partial charge in [-0.3, -0.25) is 0 Å². The van der Waals surface area contributed by atoms with Crippen LogP contribution in [0.1, 0.15) is 20.3 Å². The van der Waals surface area contributed by atoms with Gasteiger partial charge in [0.1, 0.15) is 17.9 Å². The molecule has 0 aliphatic heterocycles. The maximum atomic E-state index is 13.8. The molecule has 1 aromatic heterocycles. The minimum absolute atomic E-state index is 0.0232. The van der Waals surface area contributed by atoms with Crippen LogP contribution in [0.4, 0.5) is 16.0 Å². The van der Waals surface area contributed by atoms with Gasteiger partial charge in [-0.1, -0.05) is 25.1 Å². The quantitative estimate of drug-likeness (QED) is 0.732. The lowest BCUT2D eigenvalue weighted by atomic mass is 10.2. The Kier molecular flexibility index (Phi) is 4.74. The van der Waals surface area contributed by atoms with Gasteiger partial charge in [0.15, 0.2) is 0 Å². The maximum absolute atomic E-state index is 13.8. The molecule has 0 saturated carbocycles. The number of halogens is 1. The molecule has 0 saturated heterocycles. The molecule has 2 aromatic carbocycles. The fraction of sp³-hybridized carbons (Fsp3) is 0.222. The van der Waals surface area contributed by atoms with Crippen molar-refractivity contribution >= 4 is 11.6 Å². The van der Waals surface area contributed by atoms with Gasteiger partial charge in [0, 0.05) is 17.8 Å². The molecule has 1 N–H and O–H groups in total. The Hall–Kier alpha value is -2.89. The number of hydrogen-bond acceptors (Lipinski definition) is 4. The smallest absolute Gasteiger partial charge is 0.246 e. The molecule has 5 nitrogen and oxygen atoms in total. The molecular weight excluding hydrogens is 307 g/mol. The lowest BCUT2D eigenvalue weighted by Crippen LogP contribution is -2.10. The van der Waals surface area contributed by atoms with Crippen molar-refractivity contribution in [3.8, 4) is 11.4 Å². The molecule has 6 heteroatoms. The van der Waals surface area contributed by atoms with Gasteiger partial charge in [0.2, 0.25) is 5.95 Å². The van der Waals surface area contributed by atoms with Crippen molar-refractivity contribution < 1.29 is 9.13 Å². The molecule has 0 aliphatic rings. The highest BCUT2D eigenvalue weighted by molar-refractivity contribution is 5.56. The lowest BCUT2D eigenvalue weighted by Gasteiger charge is -2.13. The fourth-order valence-corrected chi connectivity index (χ4v) is 2.17. The second kappa shape index (κ2) is 7.12. The summed E-state index contributed by atoms with van der Waals surface area (Å²) in [5, 5.41) is 7.35. The number of anilines is 2. The minimum atomic E-state index is -0.374. The second-order valence-electron chi connectivity index (χ2n) is 5.49. The van der Waals surface area contributed by atoms with Gasteiger partial charge in [-0.2, -0.15) is 4.98 Å². The van der Waals surface area contributed by atoms with Crippen LogP contribution in [0.3, 0.4) is 0 Å². The summed E-state index contributed by atoms with van der Waals surface area (Å²) >= 11 is 0. The summed E-state index contributed by atoms with van der Waals surface area (Å²) in [6.45, 7) is 3.96. The van der Waals surface area contributed by atoms with Crippen LogP contribution >= 0.6 is 0 Å². The van der Waals surface area contributed by atoms with Gasteiger partial charge in [-0.15, -0.1) is 5.10 Å². The van der Waals surface area contributed by atoms with Crippen molar-refractivity contribution in [2.24, 2.45) is 0 Å². The van der Waals surface area contributed by atoms with E-state index >= 15 is 0 Å². The Morgan fingerprint density at radius 2 is 2.00 bits per heavy atom. The van der Waals surface area contributed by atoms with Crippen LogP contribution < -0.4 is 10.1 Å². The summed E-state index contributed by atoms with van der Waals surface area (Å²) in [6.07, 6.45) is 2.48. The van der Waals surface area contributed by atoms with Crippen molar-refractivity contribution in [2.75, 3.05) is 5.32 Å². The second-order valence-corrected chi connectivity index (χ2v) is 5.49. The summed E-state index contributed by atoms with van der Waals surface area (Å²) in [5.74, 6) is 0.495. The van der Waals surface area contributed by atoms with E-state index in [-0.39, 0.29) is 11.9 Å². The first-order valence-corrected chi connectivity index (χ1v) is 7.85. The predicted octanol–water partition coefficient (Wildman–Crippen LogP) is 4.33. The SMILES string of the molecule is CCC(C)Oc1cc(F)cc(Nc2ncn(-c3ccccc3)n2)c1. The van der Waals surface area contributed by atoms with Crippen molar-refractivity contribution in [1.29, 1.82) is 0 Å². The van der Waals surface area contributed by atoms with Crippen LogP contribution in [0.5, 0.6) is 5.75 Å². The highest BCUT2D eigenvalue weighted by atomic mass is 19.1. The van der Waals surface area contributed by atoms with Gasteiger partial charge in [0.05, 0.1) is 11.8 Å². The van der Waals surface area contributed by atoms with Crippen LogP contribution in [0.15, 0.2) is 54.9 Å². The van der Waals surface area contributed by atoms with Crippen LogP contribution in [0.2, 0.25) is 0 Å². The Labute approximate surface area is 140 Å². The third-order valence-corrected chi connectivity index (χ3v) is 3.55. The Morgan fingerprint density at radius 3 is 2.75 bits per heavy atom. The Bertz CT molecular complexity index is 804. The van der Waals surface area contributed by atoms with E-state index in [4.69, 9.17) is 4.74 Å². The van der Waals surface area contributed by atoms with E-state index in [1.807, 2.05) is 44.2 Å². The molecular formula is C18H19FN4O. The molecule has 0 radical (unpaired) electrons. The maximum Gasteiger partial charge on any atom is 0.246 e. The number of ether oxygens (including phenoxy) is 1. The number of nitrogens with zero attached hydrogens (tertiary/aromatic N) is 3. The van der Waals surface area contributed by atoms with Gasteiger partial charge in [-0.25, -0.2) is 9.07 Å². The van der Waals surface area contributed by atoms with Crippen LogP contribution in [-0.4, -0.2) is 20.9 Å². The standard InChI is InChI=1S/C18H19FN4O/c1-3-13(2)24-17-10-14(19)9-15(11-17)21-18-20-12-23(22-18)16-7-5-4-6-8-16/h4-13H,3H2,1-2H3,(H,21,22). The summed E-state index contributed by atoms with van der Waals surface area (Å²) < 4.78 is 21.1. The van der Waals surface area contributed by atoms with E-state index in [9.17, 15) is 4.39 Å². The molecule has 0 fully saturated rings. The zero-order valence-corrected chi connectivity index (χ0v) is 13.6. The van der Waals surface area contributed by atoms with E-state index in [1.165, 1.54) is 12.1 Å². The van der Waals surface area contributed by atoms with Crippen LogP contribution in [-0.2, 0) is 0 Å². The van der Waals surface area contributed by atoms with Crippen LogP contribution in [0, 0.1) is 5.82 Å². The zero-order valence-electron chi connectivity index (χ0n) is 13.6. The highest BCUT2D eigenvalue weighted by Crippen LogP contribution is 2.23. The van der Waals surface area contributed by atoms with Gasteiger partial charge in [0.25, 0.3) is 0 Å². The number of hydrogen-bond donors (Lipinski definition) is 1. The Balaban J connectivity index is 1.78. The first kappa shape index (κ1) is 16.0. The minimum Gasteiger partial charge on any atom is -0.491 e. The average Bonchev–Trinajstić information content (AvgIpc) is 3.03. The van der Waals surface area contributed by atoms with Crippen molar-refractivity contribution in [3.05, 3.63) is 60.7 Å². The summed E-state index contributed by atoms with van der Waals surface area (Å²) in [6, 6.07) is 14.1. The first-order valence-electron chi connectivity index (χ1n) is 7.85. The third-order valence-electron chi connectivity index (χ3n) is 3.55. The molecule has 3 aromatic rings. The van der Waals surface area contributed by atoms with Crippen LogP contribution in [0.25, 0.3) is 5.69 Å². The number of para-hydroxylation sites is 1. The van der Waals surface area contributed by atoms with Gasteiger partial charge < -0.3 is 10.1 Å². The number of aromatic nitrogens is 3. The third kappa shape index (κ3) is 3.90. The van der Waals surface area contributed by atoms with Gasteiger partial charge in [-0.05, 0) is 31.5 Å². The monoisotopic (exact) mass is 326 g/mol. The number of rotatable bonds is 6. The molecule has 124 valence electrons. The summed E-state index contributed by atoms with van der Waals surface area (Å²) in [7, 11) is 0. The summed E-state index contributed by atoms with van der Waals surface area (Å²) in [4.78, 5) is 4.20. The molecule has 3 rings (SSSR count). The number of benzene rings is 2. The van der Waals surface area contributed by atoms with E-state index in [0.717, 1.165) is 12.1 Å². The number of nitrogens with one attached hydrogen (secondary N) is 1. The molecule has 0 spiro atoms. The fourth-order valence-electron chi connectivity index (χ4n) is 2.17. The molecule has 1 atom stereocenters. The van der Waals surface area contributed by atoms with E-state index in [0.29, 0.717) is 17.4 Å². The van der Waals surface area contributed by atoms with E-state index in [1.54, 1.807) is 17.1 Å². The average molecular weight is 326 g/mol. The molecule has 0 amide bonds. The van der Waals surface area contributed by atoms with Crippen molar-refractivity contribution in [1.82, 2.24) is 14.8 Å². The predicted molar refractivity (Wildman–Crippen MR) is 91.4 cm³/mol. The first-order chi connectivity index (χ1) is 11.6. The Morgan fingerprint density at radius 1 is 1.21 bits per heavy atom. The molecule has 1 heterocycles. The van der Waals surface area contributed by atoms with E-state index < -0.39 is 0 Å². The van der Waals surface area contributed by atoms with Gasteiger partial charge >= 0.3 is 0 Å². The molecule has 24 heavy (non-hydrogen) atoms. The lowest BCUT2D eigenvalue weighted by molar-refractivity contribution is 0.216. The van der Waals surface area contributed by atoms with E-state index in [2.05, 4.69) is 15.4 Å². The normalized spacial score (nSPS) is 12.0. The topological polar surface area (TPSA) is 52.0 Å².